The monoisotopic (exact) mass is 416 g/mol. The Balaban J connectivity index is 3.78. The first-order valence-electron chi connectivity index (χ1n) is 7.91. The molecule has 0 aromatic rings. The van der Waals surface area contributed by atoms with Gasteiger partial charge in [-0.05, 0) is 62.9 Å². The molecule has 0 rings (SSSR count). The zero-order chi connectivity index (χ0) is 16.6. The van der Waals surface area contributed by atoms with Gasteiger partial charge in [0.1, 0.15) is 0 Å². The van der Waals surface area contributed by atoms with E-state index in [2.05, 4.69) is 63.5 Å². The van der Waals surface area contributed by atoms with Crippen LogP contribution in [0.5, 0.6) is 0 Å². The molecule has 0 aliphatic carbocycles. The van der Waals surface area contributed by atoms with Crippen LogP contribution in [0.2, 0.25) is 0 Å². The first-order chi connectivity index (χ1) is 10.6. The van der Waals surface area contributed by atoms with Crippen molar-refractivity contribution in [1.29, 1.82) is 0 Å². The maximum atomic E-state index is 10.9. The quantitative estimate of drug-likeness (QED) is 0.130. The maximum absolute atomic E-state index is 10.9. The number of ether oxygens (including phenoxy) is 1. The predicted octanol–water partition coefficient (Wildman–Crippen LogP) is 6.29. The van der Waals surface area contributed by atoms with Gasteiger partial charge in [-0.3, -0.25) is 0 Å². The van der Waals surface area contributed by atoms with E-state index in [4.69, 9.17) is 0 Å². The van der Waals surface area contributed by atoms with Gasteiger partial charge in [0.25, 0.3) is 0 Å². The molecule has 0 aromatic heterocycles. The molecule has 2 nitrogen and oxygen atoms in total. The van der Waals surface area contributed by atoms with E-state index in [1.807, 2.05) is 6.08 Å². The highest BCUT2D eigenvalue weighted by Gasteiger charge is 1.92. The van der Waals surface area contributed by atoms with Crippen molar-refractivity contribution in [3.63, 3.8) is 0 Å². The Morgan fingerprint density at radius 1 is 0.955 bits per heavy atom. The Bertz CT molecular complexity index is 417. The number of carbonyl (C=O) groups excluding carboxylic acids is 1. The summed E-state index contributed by atoms with van der Waals surface area (Å²) in [5.41, 5.74) is 2.93. The van der Waals surface area contributed by atoms with Crippen LogP contribution in [0.1, 0.15) is 58.8 Å². The SMILES string of the molecule is COC(=O)/C=C/CCC/C=C(\C)CC/C=C(\C)CC/C=C\I. The summed E-state index contributed by atoms with van der Waals surface area (Å²) in [6, 6.07) is 0. The zero-order valence-corrected chi connectivity index (χ0v) is 16.3. The van der Waals surface area contributed by atoms with E-state index in [0.717, 1.165) is 44.9 Å². The van der Waals surface area contributed by atoms with Gasteiger partial charge >= 0.3 is 5.97 Å². The minimum absolute atomic E-state index is 0.275. The van der Waals surface area contributed by atoms with Crippen LogP contribution in [-0.2, 0) is 9.53 Å². The highest BCUT2D eigenvalue weighted by atomic mass is 127. The van der Waals surface area contributed by atoms with E-state index in [1.54, 1.807) is 0 Å². The van der Waals surface area contributed by atoms with Crippen LogP contribution < -0.4 is 0 Å². The first kappa shape index (κ1) is 21.2. The number of esters is 1. The first-order valence-corrected chi connectivity index (χ1v) is 9.15. The Morgan fingerprint density at radius 3 is 2.23 bits per heavy atom. The normalized spacial score (nSPS) is 13.3. The van der Waals surface area contributed by atoms with Gasteiger partial charge in [-0.1, -0.05) is 58.0 Å². The van der Waals surface area contributed by atoms with Gasteiger partial charge in [-0.2, -0.15) is 0 Å². The third kappa shape index (κ3) is 14.1. The van der Waals surface area contributed by atoms with E-state index in [-0.39, 0.29) is 5.97 Å². The summed E-state index contributed by atoms with van der Waals surface area (Å²) in [5.74, 6) is -0.275. The molecular formula is C19H29IO2. The second-order valence-electron chi connectivity index (χ2n) is 5.40. The topological polar surface area (TPSA) is 26.3 Å². The molecule has 0 unspecified atom stereocenters. The highest BCUT2D eigenvalue weighted by molar-refractivity contribution is 14.1. The van der Waals surface area contributed by atoms with E-state index in [9.17, 15) is 4.79 Å². The predicted molar refractivity (Wildman–Crippen MR) is 104 cm³/mol. The summed E-state index contributed by atoms with van der Waals surface area (Å²) >= 11 is 2.26. The molecule has 0 fully saturated rings. The average Bonchev–Trinajstić information content (AvgIpc) is 2.50. The second kappa shape index (κ2) is 15.1. The molecule has 22 heavy (non-hydrogen) atoms. The van der Waals surface area contributed by atoms with Crippen LogP contribution in [0, 0.1) is 0 Å². The highest BCUT2D eigenvalue weighted by Crippen LogP contribution is 2.12. The minimum Gasteiger partial charge on any atom is -0.466 e. The number of unbranched alkanes of at least 4 members (excludes halogenated alkanes) is 2. The lowest BCUT2D eigenvalue weighted by molar-refractivity contribution is -0.134. The van der Waals surface area contributed by atoms with Crippen LogP contribution in [0.25, 0.3) is 0 Å². The Hall–Kier alpha value is -0.840. The van der Waals surface area contributed by atoms with Gasteiger partial charge in [0, 0.05) is 6.08 Å². The second-order valence-corrected chi connectivity index (χ2v) is 6.12. The summed E-state index contributed by atoms with van der Waals surface area (Å²) in [5, 5.41) is 0. The Morgan fingerprint density at radius 2 is 1.59 bits per heavy atom. The molecule has 0 spiro atoms. The van der Waals surface area contributed by atoms with Crippen molar-refractivity contribution in [2.24, 2.45) is 0 Å². The third-order valence-electron chi connectivity index (χ3n) is 3.35. The van der Waals surface area contributed by atoms with Gasteiger partial charge in [-0.25, -0.2) is 4.79 Å². The smallest absolute Gasteiger partial charge is 0.330 e. The van der Waals surface area contributed by atoms with Crippen LogP contribution in [0.4, 0.5) is 0 Å². The molecule has 0 atom stereocenters. The molecular weight excluding hydrogens is 387 g/mol. The fourth-order valence-corrected chi connectivity index (χ4v) is 2.32. The molecule has 0 aliphatic heterocycles. The van der Waals surface area contributed by atoms with Crippen molar-refractivity contribution in [3.8, 4) is 0 Å². The lowest BCUT2D eigenvalue weighted by Crippen LogP contribution is -1.93. The van der Waals surface area contributed by atoms with Crippen LogP contribution in [0.15, 0.2) is 45.6 Å². The van der Waals surface area contributed by atoms with Crippen molar-refractivity contribution in [1.82, 2.24) is 0 Å². The molecule has 0 saturated carbocycles. The summed E-state index contributed by atoms with van der Waals surface area (Å²) < 4.78 is 6.62. The summed E-state index contributed by atoms with van der Waals surface area (Å²) in [6.45, 7) is 4.42. The van der Waals surface area contributed by atoms with Crippen molar-refractivity contribution < 1.29 is 9.53 Å². The molecule has 0 aromatic carbocycles. The van der Waals surface area contributed by atoms with Crippen molar-refractivity contribution in [2.75, 3.05) is 7.11 Å². The van der Waals surface area contributed by atoms with Gasteiger partial charge < -0.3 is 4.74 Å². The third-order valence-corrected chi connectivity index (χ3v) is 3.86. The zero-order valence-electron chi connectivity index (χ0n) is 14.1. The molecule has 0 heterocycles. The largest absolute Gasteiger partial charge is 0.466 e. The molecule has 0 aliphatic rings. The van der Waals surface area contributed by atoms with E-state index in [0.29, 0.717) is 0 Å². The molecule has 0 radical (unpaired) electrons. The molecule has 0 saturated heterocycles. The van der Waals surface area contributed by atoms with Gasteiger partial charge in [0.2, 0.25) is 0 Å². The maximum Gasteiger partial charge on any atom is 0.330 e. The van der Waals surface area contributed by atoms with E-state index in [1.165, 1.54) is 24.3 Å². The van der Waals surface area contributed by atoms with Gasteiger partial charge in [-0.15, -0.1) is 0 Å². The molecule has 0 amide bonds. The number of hydrogen-bond donors (Lipinski definition) is 0. The molecule has 3 heteroatoms. The summed E-state index contributed by atoms with van der Waals surface area (Å²) in [7, 11) is 1.40. The average molecular weight is 416 g/mol. The Labute approximate surface area is 149 Å². The fourth-order valence-electron chi connectivity index (χ4n) is 1.96. The van der Waals surface area contributed by atoms with Gasteiger partial charge in [0.05, 0.1) is 7.11 Å². The fraction of sp³-hybridized carbons (Fsp3) is 0.526. The Kier molecular flexibility index (Phi) is 14.5. The van der Waals surface area contributed by atoms with Gasteiger partial charge in [0.15, 0.2) is 0 Å². The number of carbonyl (C=O) groups is 1. The number of hydrogen-bond acceptors (Lipinski definition) is 2. The van der Waals surface area contributed by atoms with Crippen molar-refractivity contribution >= 4 is 28.6 Å². The number of rotatable bonds is 11. The molecule has 0 N–H and O–H groups in total. The van der Waals surface area contributed by atoms with Crippen LogP contribution in [0.3, 0.4) is 0 Å². The molecule has 0 bridgehead atoms. The number of halogens is 1. The van der Waals surface area contributed by atoms with Crippen LogP contribution >= 0.6 is 22.6 Å². The van der Waals surface area contributed by atoms with Crippen LogP contribution in [-0.4, -0.2) is 13.1 Å². The van der Waals surface area contributed by atoms with E-state index < -0.39 is 0 Å². The lowest BCUT2D eigenvalue weighted by Gasteiger charge is -2.01. The number of methoxy groups -OCH3 is 1. The summed E-state index contributed by atoms with van der Waals surface area (Å²) in [6.07, 6.45) is 17.9. The standard InChI is InChI=1S/C19H29IO2/c1-17(11-6-4-5-7-15-19(21)22-3)13-10-14-18(2)12-8-9-16-20/h7,9,11,14-16H,4-6,8,10,12-13H2,1-3H3/b15-7+,16-9-,17-11+,18-14+. The van der Waals surface area contributed by atoms with Crippen molar-refractivity contribution in [2.45, 2.75) is 58.8 Å². The van der Waals surface area contributed by atoms with Crippen molar-refractivity contribution in [3.05, 3.63) is 45.6 Å². The minimum atomic E-state index is -0.275. The lowest BCUT2D eigenvalue weighted by atomic mass is 10.1. The van der Waals surface area contributed by atoms with E-state index >= 15 is 0 Å². The number of allylic oxidation sites excluding steroid dienone is 6. The summed E-state index contributed by atoms with van der Waals surface area (Å²) in [4.78, 5) is 10.9. The molecule has 124 valence electrons.